The van der Waals surface area contributed by atoms with Crippen LogP contribution in [0.15, 0.2) is 84.9 Å². The predicted molar refractivity (Wildman–Crippen MR) is 117 cm³/mol. The van der Waals surface area contributed by atoms with Crippen molar-refractivity contribution in [3.05, 3.63) is 84.9 Å². The lowest BCUT2D eigenvalue weighted by Crippen LogP contribution is -2.22. The van der Waals surface area contributed by atoms with Gasteiger partial charge in [-0.15, -0.1) is 0 Å². The molecule has 0 aliphatic rings. The van der Waals surface area contributed by atoms with E-state index in [9.17, 15) is 9.13 Å². The minimum atomic E-state index is -3.62. The van der Waals surface area contributed by atoms with Crippen molar-refractivity contribution < 1.29 is 22.7 Å². The number of hydrogen-bond acceptors (Lipinski definition) is 5. The van der Waals surface area contributed by atoms with Gasteiger partial charge in [0, 0.05) is 0 Å². The van der Waals surface area contributed by atoms with Crippen LogP contribution in [-0.2, 0) is 18.2 Å². The van der Waals surface area contributed by atoms with E-state index in [1.807, 2.05) is 36.4 Å². The van der Waals surface area contributed by atoms with Gasteiger partial charge in [-0.05, 0) is 50.2 Å². The Hall–Kier alpha value is -2.16. The van der Waals surface area contributed by atoms with E-state index in [4.69, 9.17) is 13.6 Å². The molecular weight excluding hydrogens is 406 g/mol. The van der Waals surface area contributed by atoms with Gasteiger partial charge in [-0.2, -0.15) is 0 Å². The summed E-state index contributed by atoms with van der Waals surface area (Å²) in [5.74, 6) is 0.216. The van der Waals surface area contributed by atoms with Crippen LogP contribution in [0.5, 0.6) is 5.75 Å². The van der Waals surface area contributed by atoms with Crippen molar-refractivity contribution in [2.24, 2.45) is 0 Å². The smallest absolute Gasteiger partial charge is 0.365 e. The van der Waals surface area contributed by atoms with Gasteiger partial charge in [-0.3, -0.25) is 9.13 Å². The Morgan fingerprint density at radius 3 is 1.59 bits per heavy atom. The van der Waals surface area contributed by atoms with Crippen molar-refractivity contribution in [1.82, 2.24) is 0 Å². The molecule has 152 valence electrons. The zero-order valence-electron chi connectivity index (χ0n) is 16.4. The zero-order chi connectivity index (χ0) is 20.7. The largest absolute Gasteiger partial charge is 0.436 e. The van der Waals surface area contributed by atoms with Crippen LogP contribution in [0.1, 0.15) is 13.8 Å². The van der Waals surface area contributed by atoms with Gasteiger partial charge in [-0.1, -0.05) is 48.5 Å². The minimum Gasteiger partial charge on any atom is -0.436 e. The Morgan fingerprint density at radius 1 is 0.655 bits per heavy atom. The van der Waals surface area contributed by atoms with Crippen molar-refractivity contribution in [3.8, 4) is 5.75 Å². The summed E-state index contributed by atoms with van der Waals surface area (Å²) in [6.07, 6.45) is 0. The molecule has 0 fully saturated rings. The molecular formula is C22H24O5P2. The van der Waals surface area contributed by atoms with Gasteiger partial charge in [0.15, 0.2) is 0 Å². The van der Waals surface area contributed by atoms with Gasteiger partial charge in [0.05, 0.1) is 23.8 Å². The Labute approximate surface area is 171 Å². The minimum absolute atomic E-state index is 0.209. The molecule has 0 spiro atoms. The average Bonchev–Trinajstić information content (AvgIpc) is 2.75. The van der Waals surface area contributed by atoms with Gasteiger partial charge in [0.1, 0.15) is 11.1 Å². The standard InChI is InChI=1S/C22H24O5P2/c1-3-25-29(24,26-4-2)22-18-12-11-17-21(22)27-28(23,19-13-7-5-8-14-19)20-15-9-6-10-16-20/h5-18H,3-4H2,1-2H3. The third-order valence-electron chi connectivity index (χ3n) is 4.18. The van der Waals surface area contributed by atoms with E-state index < -0.39 is 15.0 Å². The van der Waals surface area contributed by atoms with Gasteiger partial charge in [0.2, 0.25) is 0 Å². The highest BCUT2D eigenvalue weighted by Crippen LogP contribution is 2.52. The second kappa shape index (κ2) is 9.56. The van der Waals surface area contributed by atoms with E-state index in [0.29, 0.717) is 10.6 Å². The van der Waals surface area contributed by atoms with Crippen molar-refractivity contribution in [2.75, 3.05) is 13.2 Å². The summed E-state index contributed by atoms with van der Waals surface area (Å²) in [6.45, 7) is 3.91. The van der Waals surface area contributed by atoms with Gasteiger partial charge >= 0.3 is 15.0 Å². The highest BCUT2D eigenvalue weighted by Gasteiger charge is 2.35. The molecule has 3 rings (SSSR count). The maximum absolute atomic E-state index is 14.2. The van der Waals surface area contributed by atoms with Crippen LogP contribution in [0, 0.1) is 0 Å². The Bertz CT molecular complexity index is 968. The van der Waals surface area contributed by atoms with Crippen LogP contribution in [0.2, 0.25) is 0 Å². The molecule has 3 aromatic carbocycles. The first-order valence-corrected chi connectivity index (χ1v) is 12.6. The van der Waals surface area contributed by atoms with E-state index >= 15 is 0 Å². The summed E-state index contributed by atoms with van der Waals surface area (Å²) >= 11 is 0. The number of hydrogen-bond donors (Lipinski definition) is 0. The van der Waals surface area contributed by atoms with Crippen LogP contribution in [0.3, 0.4) is 0 Å². The molecule has 0 saturated carbocycles. The van der Waals surface area contributed by atoms with E-state index in [1.54, 1.807) is 62.4 Å². The first-order valence-electron chi connectivity index (χ1n) is 9.43. The second-order valence-corrected chi connectivity index (χ2v) is 10.4. The molecule has 0 aliphatic heterocycles. The summed E-state index contributed by atoms with van der Waals surface area (Å²) in [5, 5.41) is 1.35. The highest BCUT2D eigenvalue weighted by atomic mass is 31.2. The first kappa shape index (κ1) is 21.5. The molecule has 0 unspecified atom stereocenters. The molecule has 0 atom stereocenters. The lowest BCUT2D eigenvalue weighted by Gasteiger charge is -2.24. The molecule has 7 heteroatoms. The molecule has 0 radical (unpaired) electrons. The Balaban J connectivity index is 2.14. The summed E-state index contributed by atoms with van der Waals surface area (Å²) in [5.41, 5.74) is 0. The van der Waals surface area contributed by atoms with Crippen LogP contribution in [-0.4, -0.2) is 13.2 Å². The van der Waals surface area contributed by atoms with Gasteiger partial charge < -0.3 is 13.6 Å². The molecule has 5 nitrogen and oxygen atoms in total. The van der Waals surface area contributed by atoms with E-state index in [1.165, 1.54) is 0 Å². The molecule has 0 aliphatic carbocycles. The van der Waals surface area contributed by atoms with E-state index in [-0.39, 0.29) is 24.3 Å². The number of para-hydroxylation sites is 1. The fourth-order valence-corrected chi connectivity index (χ4v) is 6.76. The maximum atomic E-state index is 14.2. The van der Waals surface area contributed by atoms with Gasteiger partial charge in [0.25, 0.3) is 0 Å². The quantitative estimate of drug-likeness (QED) is 0.453. The van der Waals surface area contributed by atoms with E-state index in [0.717, 1.165) is 0 Å². The average molecular weight is 430 g/mol. The SMILES string of the molecule is CCOP(=O)(OCC)c1ccccc1OP(=O)(c1ccccc1)c1ccccc1. The zero-order valence-corrected chi connectivity index (χ0v) is 18.2. The molecule has 0 aromatic heterocycles. The molecule has 0 bridgehead atoms. The van der Waals surface area contributed by atoms with Crippen molar-refractivity contribution in [3.63, 3.8) is 0 Å². The van der Waals surface area contributed by atoms with Crippen molar-refractivity contribution in [2.45, 2.75) is 13.8 Å². The number of rotatable bonds is 9. The monoisotopic (exact) mass is 430 g/mol. The van der Waals surface area contributed by atoms with E-state index in [2.05, 4.69) is 0 Å². The summed E-state index contributed by atoms with van der Waals surface area (Å²) in [6, 6.07) is 24.7. The van der Waals surface area contributed by atoms with Crippen LogP contribution in [0.4, 0.5) is 0 Å². The molecule has 0 amide bonds. The maximum Gasteiger partial charge on any atom is 0.365 e. The Morgan fingerprint density at radius 2 is 1.10 bits per heavy atom. The van der Waals surface area contributed by atoms with Crippen molar-refractivity contribution in [1.29, 1.82) is 0 Å². The van der Waals surface area contributed by atoms with Crippen LogP contribution >= 0.6 is 15.0 Å². The second-order valence-electron chi connectivity index (χ2n) is 6.11. The summed E-state index contributed by atoms with van der Waals surface area (Å²) in [7, 11) is -7.14. The number of benzene rings is 3. The van der Waals surface area contributed by atoms with Crippen LogP contribution < -0.4 is 20.4 Å². The van der Waals surface area contributed by atoms with Crippen LogP contribution in [0.25, 0.3) is 0 Å². The molecule has 3 aromatic rings. The third kappa shape index (κ3) is 4.71. The molecule has 29 heavy (non-hydrogen) atoms. The fraction of sp³-hybridized carbons (Fsp3) is 0.182. The third-order valence-corrected chi connectivity index (χ3v) is 8.74. The molecule has 0 N–H and O–H groups in total. The summed E-state index contributed by atoms with van der Waals surface area (Å²) in [4.78, 5) is 0. The normalized spacial score (nSPS) is 11.9. The topological polar surface area (TPSA) is 61.8 Å². The highest BCUT2D eigenvalue weighted by molar-refractivity contribution is 7.74. The lowest BCUT2D eigenvalue weighted by atomic mass is 10.3. The fourth-order valence-electron chi connectivity index (χ4n) is 2.92. The van der Waals surface area contributed by atoms with Crippen molar-refractivity contribution >= 4 is 30.9 Å². The lowest BCUT2D eigenvalue weighted by molar-refractivity contribution is 0.229. The molecule has 0 saturated heterocycles. The van der Waals surface area contributed by atoms with Gasteiger partial charge in [-0.25, -0.2) is 0 Å². The first-order chi connectivity index (χ1) is 14.0. The molecule has 0 heterocycles. The predicted octanol–water partition coefficient (Wildman–Crippen LogP) is 4.89. The summed E-state index contributed by atoms with van der Waals surface area (Å²) < 4.78 is 44.7. The Kier molecular flexibility index (Phi) is 7.10.